The summed E-state index contributed by atoms with van der Waals surface area (Å²) in [4.78, 5) is 20.8. The molecule has 0 aliphatic carbocycles. The molecule has 0 aliphatic rings. The van der Waals surface area contributed by atoms with Crippen LogP contribution in [-0.4, -0.2) is 32.3 Å². The van der Waals surface area contributed by atoms with Crippen LogP contribution in [0.1, 0.15) is 6.92 Å². The number of rotatable bonds is 6. The van der Waals surface area contributed by atoms with Gasteiger partial charge in [-0.15, -0.1) is 0 Å². The van der Waals surface area contributed by atoms with E-state index < -0.39 is 33.1 Å². The van der Waals surface area contributed by atoms with Gasteiger partial charge in [0.05, 0.1) is 16.4 Å². The van der Waals surface area contributed by atoms with Crippen LogP contribution in [0.25, 0.3) is 0 Å². The minimum atomic E-state index is -4.02. The Labute approximate surface area is 115 Å². The molecular formula is C10H14N4O5S. The van der Waals surface area contributed by atoms with E-state index in [9.17, 15) is 23.3 Å². The fourth-order valence-corrected chi connectivity index (χ4v) is 2.35. The summed E-state index contributed by atoms with van der Waals surface area (Å²) in [6, 6.07) is 3.09. The number of nitro groups is 1. The van der Waals surface area contributed by atoms with E-state index >= 15 is 0 Å². The van der Waals surface area contributed by atoms with E-state index in [-0.39, 0.29) is 10.6 Å². The predicted octanol–water partition coefficient (Wildman–Crippen LogP) is -0.409. The van der Waals surface area contributed by atoms with Crippen molar-refractivity contribution in [2.75, 3.05) is 18.8 Å². The van der Waals surface area contributed by atoms with Crippen molar-refractivity contribution in [3.63, 3.8) is 0 Å². The van der Waals surface area contributed by atoms with Gasteiger partial charge >= 0.3 is 0 Å². The molecule has 0 bridgehead atoms. The number of carbonyl (C=O) groups is 1. The number of hydrogen-bond acceptors (Lipinski definition) is 6. The quantitative estimate of drug-likeness (QED) is 0.370. The number of hydrogen-bond donors (Lipinski definition) is 3. The molecule has 0 heterocycles. The third-order valence-corrected chi connectivity index (χ3v) is 3.70. The third-order valence-electron chi connectivity index (χ3n) is 2.31. The van der Waals surface area contributed by atoms with Gasteiger partial charge in [-0.25, -0.2) is 13.1 Å². The van der Waals surface area contributed by atoms with Crippen molar-refractivity contribution >= 4 is 27.3 Å². The number of anilines is 1. The second-order valence-corrected chi connectivity index (χ2v) is 5.52. The standard InChI is InChI=1S/C10H14N4O5S/c1-2-12-10(15)6-13-20(18,19)7-3-4-8(11)9(5-7)14(16)17/h3-5,13H,2,6,11H2,1H3,(H,12,15). The molecule has 9 nitrogen and oxygen atoms in total. The Kier molecular flexibility index (Phi) is 5.00. The molecular weight excluding hydrogens is 288 g/mol. The van der Waals surface area contributed by atoms with Crippen LogP contribution < -0.4 is 15.8 Å². The summed E-state index contributed by atoms with van der Waals surface area (Å²) in [7, 11) is -4.02. The Hall–Kier alpha value is -2.20. The van der Waals surface area contributed by atoms with Crippen molar-refractivity contribution in [1.29, 1.82) is 0 Å². The number of amides is 1. The summed E-state index contributed by atoms with van der Waals surface area (Å²) in [5, 5.41) is 13.1. The maximum atomic E-state index is 11.9. The first-order valence-corrected chi connectivity index (χ1v) is 7.06. The number of nitro benzene ring substituents is 1. The maximum Gasteiger partial charge on any atom is 0.293 e. The zero-order chi connectivity index (χ0) is 15.3. The van der Waals surface area contributed by atoms with Crippen LogP contribution in [0.2, 0.25) is 0 Å². The molecule has 0 saturated heterocycles. The van der Waals surface area contributed by atoms with Gasteiger partial charge in [0.15, 0.2) is 0 Å². The average Bonchev–Trinajstić information content (AvgIpc) is 2.37. The lowest BCUT2D eigenvalue weighted by atomic mass is 10.3. The topological polar surface area (TPSA) is 144 Å². The molecule has 0 spiro atoms. The second-order valence-electron chi connectivity index (χ2n) is 3.76. The zero-order valence-electron chi connectivity index (χ0n) is 10.6. The highest BCUT2D eigenvalue weighted by Gasteiger charge is 2.20. The van der Waals surface area contributed by atoms with E-state index in [0.717, 1.165) is 18.2 Å². The molecule has 0 saturated carbocycles. The lowest BCUT2D eigenvalue weighted by Gasteiger charge is -2.07. The molecule has 1 amide bonds. The van der Waals surface area contributed by atoms with Gasteiger partial charge in [0.25, 0.3) is 5.69 Å². The minimum absolute atomic E-state index is 0.141. The van der Waals surface area contributed by atoms with Gasteiger partial charge in [0.2, 0.25) is 15.9 Å². The number of nitrogens with zero attached hydrogens (tertiary/aromatic N) is 1. The van der Waals surface area contributed by atoms with E-state index in [1.165, 1.54) is 0 Å². The molecule has 110 valence electrons. The summed E-state index contributed by atoms with van der Waals surface area (Å²) in [5.74, 6) is -0.499. The Bertz CT molecular complexity index is 629. The Morgan fingerprint density at radius 3 is 2.65 bits per heavy atom. The maximum absolute atomic E-state index is 11.9. The van der Waals surface area contributed by atoms with Crippen LogP contribution >= 0.6 is 0 Å². The van der Waals surface area contributed by atoms with Gasteiger partial charge in [-0.1, -0.05) is 0 Å². The number of nitrogens with two attached hydrogens (primary N) is 1. The Morgan fingerprint density at radius 1 is 1.45 bits per heavy atom. The van der Waals surface area contributed by atoms with Crippen molar-refractivity contribution in [2.45, 2.75) is 11.8 Å². The first-order valence-electron chi connectivity index (χ1n) is 5.58. The SMILES string of the molecule is CCNC(=O)CNS(=O)(=O)c1ccc(N)c([N+](=O)[O-])c1. The number of nitrogen functional groups attached to an aromatic ring is 1. The molecule has 0 unspecified atom stereocenters. The zero-order valence-corrected chi connectivity index (χ0v) is 11.4. The smallest absolute Gasteiger partial charge is 0.293 e. The largest absolute Gasteiger partial charge is 0.393 e. The fourth-order valence-electron chi connectivity index (χ4n) is 1.35. The van der Waals surface area contributed by atoms with Crippen molar-refractivity contribution in [3.05, 3.63) is 28.3 Å². The van der Waals surface area contributed by atoms with Gasteiger partial charge in [0, 0.05) is 12.6 Å². The van der Waals surface area contributed by atoms with E-state index in [1.54, 1.807) is 6.92 Å². The van der Waals surface area contributed by atoms with Gasteiger partial charge in [-0.05, 0) is 19.1 Å². The highest BCUT2D eigenvalue weighted by Crippen LogP contribution is 2.24. The van der Waals surface area contributed by atoms with E-state index in [0.29, 0.717) is 6.54 Å². The van der Waals surface area contributed by atoms with Crippen LogP contribution in [0, 0.1) is 10.1 Å². The van der Waals surface area contributed by atoms with Crippen LogP contribution in [0.15, 0.2) is 23.1 Å². The van der Waals surface area contributed by atoms with Gasteiger partial charge in [0.1, 0.15) is 5.69 Å². The summed E-state index contributed by atoms with van der Waals surface area (Å²) in [6.45, 7) is 1.61. The van der Waals surface area contributed by atoms with Gasteiger partial charge in [-0.2, -0.15) is 0 Å². The van der Waals surface area contributed by atoms with Gasteiger partial charge < -0.3 is 11.1 Å². The third kappa shape index (κ3) is 3.90. The summed E-state index contributed by atoms with van der Waals surface area (Å²) in [5.41, 5.74) is 4.72. The molecule has 1 aromatic carbocycles. The number of sulfonamides is 1. The number of likely N-dealkylation sites (N-methyl/N-ethyl adjacent to an activating group) is 1. The first kappa shape index (κ1) is 15.9. The molecule has 0 atom stereocenters. The minimum Gasteiger partial charge on any atom is -0.393 e. The lowest BCUT2D eigenvalue weighted by Crippen LogP contribution is -2.36. The molecule has 20 heavy (non-hydrogen) atoms. The molecule has 0 radical (unpaired) electrons. The Morgan fingerprint density at radius 2 is 2.10 bits per heavy atom. The molecule has 1 aromatic rings. The molecule has 0 fully saturated rings. The number of carbonyl (C=O) groups excluding carboxylic acids is 1. The van der Waals surface area contributed by atoms with Crippen molar-refractivity contribution in [2.24, 2.45) is 0 Å². The highest BCUT2D eigenvalue weighted by molar-refractivity contribution is 7.89. The van der Waals surface area contributed by atoms with Gasteiger partial charge in [-0.3, -0.25) is 14.9 Å². The first-order chi connectivity index (χ1) is 9.27. The van der Waals surface area contributed by atoms with Crippen LogP contribution in [0.5, 0.6) is 0 Å². The molecule has 4 N–H and O–H groups in total. The summed E-state index contributed by atoms with van der Waals surface area (Å²) in [6.07, 6.45) is 0. The highest BCUT2D eigenvalue weighted by atomic mass is 32.2. The van der Waals surface area contributed by atoms with E-state index in [4.69, 9.17) is 5.73 Å². The molecule has 0 aromatic heterocycles. The molecule has 0 aliphatic heterocycles. The van der Waals surface area contributed by atoms with Crippen LogP contribution in [0.4, 0.5) is 11.4 Å². The van der Waals surface area contributed by atoms with Crippen molar-refractivity contribution < 1.29 is 18.1 Å². The van der Waals surface area contributed by atoms with Crippen molar-refractivity contribution in [1.82, 2.24) is 10.0 Å². The van der Waals surface area contributed by atoms with Crippen molar-refractivity contribution in [3.8, 4) is 0 Å². The number of nitrogens with one attached hydrogen (secondary N) is 2. The summed E-state index contributed by atoms with van der Waals surface area (Å²) >= 11 is 0. The normalized spacial score (nSPS) is 11.1. The molecule has 10 heteroatoms. The van der Waals surface area contributed by atoms with E-state index in [1.807, 2.05) is 4.72 Å². The predicted molar refractivity (Wildman–Crippen MR) is 71.4 cm³/mol. The van der Waals surface area contributed by atoms with Crippen LogP contribution in [-0.2, 0) is 14.8 Å². The monoisotopic (exact) mass is 302 g/mol. The van der Waals surface area contributed by atoms with Crippen LogP contribution in [0.3, 0.4) is 0 Å². The Balaban J connectivity index is 2.96. The lowest BCUT2D eigenvalue weighted by molar-refractivity contribution is -0.384. The molecule has 1 rings (SSSR count). The second kappa shape index (κ2) is 6.30. The summed E-state index contributed by atoms with van der Waals surface area (Å²) < 4.78 is 25.8. The van der Waals surface area contributed by atoms with E-state index in [2.05, 4.69) is 5.32 Å². The fraction of sp³-hybridized carbons (Fsp3) is 0.300. The number of benzene rings is 1. The average molecular weight is 302 g/mol.